The highest BCUT2D eigenvalue weighted by Crippen LogP contribution is 2.16. The number of hydrogen-bond donors (Lipinski definition) is 1. The fraction of sp³-hybridized carbons (Fsp3) is 0.133. The smallest absolute Gasteiger partial charge is 0.334 e. The summed E-state index contributed by atoms with van der Waals surface area (Å²) < 4.78 is 4.93. The minimum atomic E-state index is -0.381. The van der Waals surface area contributed by atoms with Crippen LogP contribution in [0.2, 0.25) is 0 Å². The van der Waals surface area contributed by atoms with E-state index in [1.54, 1.807) is 0 Å². The van der Waals surface area contributed by atoms with E-state index in [-0.39, 0.29) is 12.6 Å². The molecular formula is C15H15NO2. The second-order valence-electron chi connectivity index (χ2n) is 4.05. The zero-order chi connectivity index (χ0) is 13.0. The van der Waals surface area contributed by atoms with Crippen LogP contribution >= 0.6 is 0 Å². The molecule has 0 unspecified atom stereocenters. The fourth-order valence-corrected chi connectivity index (χ4v) is 1.77. The van der Waals surface area contributed by atoms with Gasteiger partial charge in [0.15, 0.2) is 0 Å². The zero-order valence-electron chi connectivity index (χ0n) is 10.1. The number of aromatic nitrogens is 1. The number of H-pyrrole nitrogens is 1. The van der Waals surface area contributed by atoms with Gasteiger partial charge in [-0.3, -0.25) is 0 Å². The molecular weight excluding hydrogens is 226 g/mol. The van der Waals surface area contributed by atoms with Crippen molar-refractivity contribution >= 4 is 16.9 Å². The Labute approximate surface area is 106 Å². The van der Waals surface area contributed by atoms with Crippen LogP contribution in [0.4, 0.5) is 0 Å². The van der Waals surface area contributed by atoms with Gasteiger partial charge in [0.2, 0.25) is 0 Å². The van der Waals surface area contributed by atoms with Crippen LogP contribution < -0.4 is 0 Å². The van der Waals surface area contributed by atoms with Crippen molar-refractivity contribution in [3.05, 3.63) is 60.8 Å². The second-order valence-corrected chi connectivity index (χ2v) is 4.05. The van der Waals surface area contributed by atoms with Crippen molar-refractivity contribution in [1.29, 1.82) is 0 Å². The largest absolute Gasteiger partial charge is 0.458 e. The van der Waals surface area contributed by atoms with Gasteiger partial charge in [-0.05, 0) is 17.5 Å². The first-order valence-electron chi connectivity index (χ1n) is 5.73. The van der Waals surface area contributed by atoms with Crippen LogP contribution in [0.15, 0.2) is 55.1 Å². The molecule has 1 heterocycles. The average molecular weight is 241 g/mol. The number of benzene rings is 1. The lowest BCUT2D eigenvalue weighted by molar-refractivity contribution is -0.137. The topological polar surface area (TPSA) is 42.1 Å². The Kier molecular flexibility index (Phi) is 3.63. The SMILES string of the molecule is C=CCOC(=O)C(=C)Cc1cc2ccccc2[nH]1. The van der Waals surface area contributed by atoms with Gasteiger partial charge in [0.1, 0.15) is 6.61 Å². The quantitative estimate of drug-likeness (QED) is 0.496. The minimum Gasteiger partial charge on any atom is -0.458 e. The van der Waals surface area contributed by atoms with E-state index in [9.17, 15) is 4.79 Å². The molecule has 0 atom stereocenters. The lowest BCUT2D eigenvalue weighted by atomic mass is 10.1. The number of fused-ring (bicyclic) bond motifs is 1. The van der Waals surface area contributed by atoms with Crippen molar-refractivity contribution in [1.82, 2.24) is 4.98 Å². The Hall–Kier alpha value is -2.29. The van der Waals surface area contributed by atoms with Crippen LogP contribution in [0, 0.1) is 0 Å². The predicted octanol–water partition coefficient (Wildman–Crippen LogP) is 3.00. The number of ether oxygens (including phenoxy) is 1. The van der Waals surface area contributed by atoms with E-state index in [1.165, 1.54) is 6.08 Å². The first kappa shape index (κ1) is 12.2. The lowest BCUT2D eigenvalue weighted by Gasteiger charge is -2.03. The van der Waals surface area contributed by atoms with E-state index < -0.39 is 0 Å². The third kappa shape index (κ3) is 2.69. The Bertz CT molecular complexity index is 562. The predicted molar refractivity (Wildman–Crippen MR) is 72.3 cm³/mol. The molecule has 0 spiro atoms. The molecule has 0 bridgehead atoms. The van der Waals surface area contributed by atoms with Crippen LogP contribution in [0.25, 0.3) is 10.9 Å². The van der Waals surface area contributed by atoms with Crippen LogP contribution in [-0.2, 0) is 16.0 Å². The molecule has 0 aliphatic heterocycles. The van der Waals surface area contributed by atoms with Gasteiger partial charge < -0.3 is 9.72 Å². The average Bonchev–Trinajstić information content (AvgIpc) is 2.77. The molecule has 3 nitrogen and oxygen atoms in total. The van der Waals surface area contributed by atoms with Gasteiger partial charge in [-0.1, -0.05) is 37.4 Å². The van der Waals surface area contributed by atoms with E-state index in [4.69, 9.17) is 4.74 Å². The molecule has 0 fully saturated rings. The first-order valence-corrected chi connectivity index (χ1v) is 5.73. The highest BCUT2D eigenvalue weighted by atomic mass is 16.5. The summed E-state index contributed by atoms with van der Waals surface area (Å²) >= 11 is 0. The molecule has 1 aromatic carbocycles. The summed E-state index contributed by atoms with van der Waals surface area (Å²) in [6.45, 7) is 7.45. The van der Waals surface area contributed by atoms with Crippen molar-refractivity contribution < 1.29 is 9.53 Å². The summed E-state index contributed by atoms with van der Waals surface area (Å²) in [6.07, 6.45) is 2.00. The van der Waals surface area contributed by atoms with Gasteiger partial charge >= 0.3 is 5.97 Å². The number of hydrogen-bond acceptors (Lipinski definition) is 2. The van der Waals surface area contributed by atoms with Crippen molar-refractivity contribution in [2.75, 3.05) is 6.61 Å². The lowest BCUT2D eigenvalue weighted by Crippen LogP contribution is -2.09. The van der Waals surface area contributed by atoms with Crippen LogP contribution in [0.5, 0.6) is 0 Å². The van der Waals surface area contributed by atoms with Gasteiger partial charge in [0.05, 0.1) is 0 Å². The Morgan fingerprint density at radius 3 is 2.89 bits per heavy atom. The molecule has 18 heavy (non-hydrogen) atoms. The van der Waals surface area contributed by atoms with Crippen molar-refractivity contribution in [2.45, 2.75) is 6.42 Å². The molecule has 3 heteroatoms. The number of nitrogens with one attached hydrogen (secondary N) is 1. The van der Waals surface area contributed by atoms with Gasteiger partial charge in [0, 0.05) is 23.2 Å². The monoisotopic (exact) mass is 241 g/mol. The van der Waals surface area contributed by atoms with E-state index in [0.717, 1.165) is 16.6 Å². The maximum atomic E-state index is 11.5. The summed E-state index contributed by atoms with van der Waals surface area (Å²) in [4.78, 5) is 14.8. The summed E-state index contributed by atoms with van der Waals surface area (Å²) in [5.74, 6) is -0.381. The molecule has 92 valence electrons. The zero-order valence-corrected chi connectivity index (χ0v) is 10.1. The molecule has 0 aliphatic carbocycles. The van der Waals surface area contributed by atoms with E-state index >= 15 is 0 Å². The number of esters is 1. The van der Waals surface area contributed by atoms with E-state index in [1.807, 2.05) is 30.3 Å². The maximum Gasteiger partial charge on any atom is 0.334 e. The third-order valence-corrected chi connectivity index (χ3v) is 2.61. The molecule has 0 saturated carbocycles. The number of carbonyl (C=O) groups is 1. The van der Waals surface area contributed by atoms with E-state index in [0.29, 0.717) is 12.0 Å². The van der Waals surface area contributed by atoms with Crippen molar-refractivity contribution in [2.24, 2.45) is 0 Å². The highest BCUT2D eigenvalue weighted by Gasteiger charge is 2.10. The van der Waals surface area contributed by atoms with Gasteiger partial charge in [-0.2, -0.15) is 0 Å². The molecule has 2 aromatic rings. The minimum absolute atomic E-state index is 0.213. The Morgan fingerprint density at radius 2 is 2.17 bits per heavy atom. The fourth-order valence-electron chi connectivity index (χ4n) is 1.77. The molecule has 1 N–H and O–H groups in total. The first-order chi connectivity index (χ1) is 8.70. The standard InChI is InChI=1S/C15H15NO2/c1-3-8-18-15(17)11(2)9-13-10-12-6-4-5-7-14(12)16-13/h3-7,10,16H,1-2,8-9H2. The third-order valence-electron chi connectivity index (χ3n) is 2.61. The molecule has 2 rings (SSSR count). The molecule has 0 aliphatic rings. The molecule has 1 aromatic heterocycles. The Morgan fingerprint density at radius 1 is 1.39 bits per heavy atom. The summed E-state index contributed by atoms with van der Waals surface area (Å²) in [7, 11) is 0. The number of carbonyl (C=O) groups excluding carboxylic acids is 1. The van der Waals surface area contributed by atoms with Gasteiger partial charge in [0.25, 0.3) is 0 Å². The van der Waals surface area contributed by atoms with Crippen molar-refractivity contribution in [3.8, 4) is 0 Å². The molecule has 0 radical (unpaired) electrons. The maximum absolute atomic E-state index is 11.5. The molecule has 0 saturated heterocycles. The normalized spacial score (nSPS) is 10.2. The van der Waals surface area contributed by atoms with E-state index in [2.05, 4.69) is 18.1 Å². The summed E-state index contributed by atoms with van der Waals surface area (Å²) in [5, 5.41) is 1.12. The summed E-state index contributed by atoms with van der Waals surface area (Å²) in [6, 6.07) is 9.98. The number of para-hydroxylation sites is 1. The Balaban J connectivity index is 2.06. The number of rotatable bonds is 5. The van der Waals surface area contributed by atoms with Crippen LogP contribution in [-0.4, -0.2) is 17.6 Å². The number of aromatic amines is 1. The highest BCUT2D eigenvalue weighted by molar-refractivity contribution is 5.88. The van der Waals surface area contributed by atoms with Crippen molar-refractivity contribution in [3.63, 3.8) is 0 Å². The second kappa shape index (κ2) is 5.36. The van der Waals surface area contributed by atoms with Gasteiger partial charge in [-0.25, -0.2) is 4.79 Å². The molecule has 0 amide bonds. The summed E-state index contributed by atoms with van der Waals surface area (Å²) in [5.41, 5.74) is 2.44. The van der Waals surface area contributed by atoms with Crippen LogP contribution in [0.1, 0.15) is 5.69 Å². The van der Waals surface area contributed by atoms with Crippen LogP contribution in [0.3, 0.4) is 0 Å². The van der Waals surface area contributed by atoms with Gasteiger partial charge in [-0.15, -0.1) is 0 Å².